The minimum atomic E-state index is -1.21. The summed E-state index contributed by atoms with van der Waals surface area (Å²) in [4.78, 5) is 33.7. The van der Waals surface area contributed by atoms with Crippen molar-refractivity contribution in [3.63, 3.8) is 0 Å². The maximum Gasteiger partial charge on any atom is 0.255 e. The van der Waals surface area contributed by atoms with Gasteiger partial charge < -0.3 is 20.2 Å². The highest BCUT2D eigenvalue weighted by Crippen LogP contribution is 2.46. The highest BCUT2D eigenvalue weighted by Gasteiger charge is 2.52. The van der Waals surface area contributed by atoms with Crippen molar-refractivity contribution in [3.8, 4) is 0 Å². The molecule has 0 saturated carbocycles. The molecule has 38 heavy (non-hydrogen) atoms. The maximum atomic E-state index is 14.1. The van der Waals surface area contributed by atoms with Crippen LogP contribution in [0.15, 0.2) is 72.8 Å². The fraction of sp³-hybridized carbons (Fsp3) is 0.310. The van der Waals surface area contributed by atoms with Gasteiger partial charge in [-0.25, -0.2) is 0 Å². The van der Waals surface area contributed by atoms with Gasteiger partial charge in [-0.3, -0.25) is 14.5 Å². The molecule has 198 valence electrons. The fourth-order valence-electron chi connectivity index (χ4n) is 5.46. The number of benzene rings is 3. The molecule has 2 aliphatic rings. The van der Waals surface area contributed by atoms with Gasteiger partial charge in [0.05, 0.1) is 13.2 Å². The lowest BCUT2D eigenvalue weighted by molar-refractivity contribution is -0.132. The van der Waals surface area contributed by atoms with Crippen LogP contribution in [0.25, 0.3) is 0 Å². The van der Waals surface area contributed by atoms with Gasteiger partial charge >= 0.3 is 0 Å². The second kappa shape index (κ2) is 11.3. The van der Waals surface area contributed by atoms with Crippen LogP contribution in [0.4, 0.5) is 11.4 Å². The molecule has 2 amide bonds. The number of para-hydroxylation sites is 1. The van der Waals surface area contributed by atoms with Gasteiger partial charge in [0.15, 0.2) is 5.54 Å². The van der Waals surface area contributed by atoms with E-state index in [1.165, 1.54) is 0 Å². The van der Waals surface area contributed by atoms with Crippen LogP contribution in [0.2, 0.25) is 10.0 Å². The van der Waals surface area contributed by atoms with Crippen LogP contribution >= 0.6 is 23.2 Å². The molecular formula is C29H30Cl2N4O3. The molecule has 1 unspecified atom stereocenters. The number of carbonyl (C=O) groups excluding carboxylic acids is 2. The first-order valence-corrected chi connectivity index (χ1v) is 13.5. The molecule has 1 fully saturated rings. The van der Waals surface area contributed by atoms with Crippen molar-refractivity contribution < 1.29 is 14.7 Å². The third-order valence-electron chi connectivity index (χ3n) is 7.36. The van der Waals surface area contributed by atoms with Crippen LogP contribution in [-0.2, 0) is 21.5 Å². The quantitative estimate of drug-likeness (QED) is 0.441. The van der Waals surface area contributed by atoms with Gasteiger partial charge in [-0.1, -0.05) is 59.6 Å². The number of nitrogens with one attached hydrogen (secondary N) is 1. The summed E-state index contributed by atoms with van der Waals surface area (Å²) >= 11 is 12.6. The normalized spacial score (nSPS) is 19.2. The Bertz CT molecular complexity index is 1310. The third kappa shape index (κ3) is 5.24. The zero-order valence-electron chi connectivity index (χ0n) is 20.9. The number of amides is 2. The molecule has 7 nitrogen and oxygen atoms in total. The van der Waals surface area contributed by atoms with Crippen LogP contribution in [0, 0.1) is 0 Å². The van der Waals surface area contributed by atoms with E-state index in [-0.39, 0.29) is 25.0 Å². The zero-order chi connectivity index (χ0) is 26.7. The van der Waals surface area contributed by atoms with Crippen LogP contribution in [-0.4, -0.2) is 72.6 Å². The molecule has 2 aliphatic heterocycles. The first-order valence-electron chi connectivity index (χ1n) is 12.7. The Morgan fingerprint density at radius 1 is 0.947 bits per heavy atom. The van der Waals surface area contributed by atoms with E-state index in [2.05, 4.69) is 10.2 Å². The van der Waals surface area contributed by atoms with Gasteiger partial charge in [-0.2, -0.15) is 0 Å². The van der Waals surface area contributed by atoms with Crippen molar-refractivity contribution in [1.29, 1.82) is 0 Å². The number of aliphatic hydroxyl groups is 1. The van der Waals surface area contributed by atoms with Crippen molar-refractivity contribution in [1.82, 2.24) is 9.80 Å². The average Bonchev–Trinajstić information content (AvgIpc) is 3.18. The number of halogens is 2. The molecule has 1 saturated heterocycles. The Kier molecular flexibility index (Phi) is 7.91. The smallest absolute Gasteiger partial charge is 0.255 e. The van der Waals surface area contributed by atoms with Crippen LogP contribution in [0.3, 0.4) is 0 Å². The molecule has 3 aromatic carbocycles. The Morgan fingerprint density at radius 3 is 2.39 bits per heavy atom. The zero-order valence-corrected chi connectivity index (χ0v) is 22.5. The maximum absolute atomic E-state index is 14.1. The predicted octanol–water partition coefficient (Wildman–Crippen LogP) is 4.03. The third-order valence-corrected chi connectivity index (χ3v) is 7.83. The van der Waals surface area contributed by atoms with Gasteiger partial charge in [0.1, 0.15) is 0 Å². The molecule has 0 aromatic heterocycles. The lowest BCUT2D eigenvalue weighted by atomic mass is 9.82. The molecule has 0 bridgehead atoms. The number of carbonyl (C=O) groups is 2. The Hall–Kier alpha value is -3.10. The minimum absolute atomic E-state index is 0.0140. The molecule has 2 heterocycles. The standard InChI is InChI=1S/C29H30Cl2N4O3/c30-22-6-4-5-21(17-22)19-29(25-10-9-23(31)18-26(25)32-28(29)38)35(24-7-2-1-3-8-24)20-27(37)34-13-11-33(12-14-34)15-16-36/h1-10,17-18,36H,11-16,19-20H2,(H,32,38). The Morgan fingerprint density at radius 2 is 1.68 bits per heavy atom. The van der Waals surface area contributed by atoms with E-state index in [0.717, 1.165) is 16.8 Å². The summed E-state index contributed by atoms with van der Waals surface area (Å²) in [5.41, 5.74) is 1.83. The van der Waals surface area contributed by atoms with E-state index in [4.69, 9.17) is 23.2 Å². The molecule has 5 rings (SSSR count). The van der Waals surface area contributed by atoms with Crippen LogP contribution < -0.4 is 10.2 Å². The van der Waals surface area contributed by atoms with Crippen LogP contribution in [0.1, 0.15) is 11.1 Å². The number of rotatable bonds is 8. The van der Waals surface area contributed by atoms with Gasteiger partial charge in [0.2, 0.25) is 5.91 Å². The number of nitrogens with zero attached hydrogens (tertiary/aromatic N) is 3. The average molecular weight is 553 g/mol. The van der Waals surface area contributed by atoms with Gasteiger partial charge in [0, 0.05) is 66.1 Å². The topological polar surface area (TPSA) is 76.1 Å². The molecule has 0 spiro atoms. The second-order valence-electron chi connectivity index (χ2n) is 9.68. The van der Waals surface area contributed by atoms with E-state index < -0.39 is 5.54 Å². The first-order chi connectivity index (χ1) is 18.4. The lowest BCUT2D eigenvalue weighted by Gasteiger charge is -2.43. The number of fused-ring (bicyclic) bond motifs is 1. The minimum Gasteiger partial charge on any atom is -0.395 e. The highest BCUT2D eigenvalue weighted by molar-refractivity contribution is 6.31. The van der Waals surface area contributed by atoms with Gasteiger partial charge in [-0.05, 0) is 42.0 Å². The van der Waals surface area contributed by atoms with E-state index in [9.17, 15) is 14.7 Å². The molecule has 2 N–H and O–H groups in total. The lowest BCUT2D eigenvalue weighted by Crippen LogP contribution is -2.58. The molecule has 0 radical (unpaired) electrons. The summed E-state index contributed by atoms with van der Waals surface area (Å²) in [7, 11) is 0. The molecule has 0 aliphatic carbocycles. The van der Waals surface area contributed by atoms with Crippen LogP contribution in [0.5, 0.6) is 0 Å². The van der Waals surface area contributed by atoms with Crippen molar-refractivity contribution in [3.05, 3.63) is 94.0 Å². The van der Waals surface area contributed by atoms with E-state index in [0.29, 0.717) is 54.9 Å². The molecule has 9 heteroatoms. The molecular weight excluding hydrogens is 523 g/mol. The molecule has 3 aromatic rings. The first kappa shape index (κ1) is 26.5. The van der Waals surface area contributed by atoms with Gasteiger partial charge in [0.25, 0.3) is 5.91 Å². The Balaban J connectivity index is 1.57. The van der Waals surface area contributed by atoms with Crippen molar-refractivity contribution in [2.75, 3.05) is 56.1 Å². The summed E-state index contributed by atoms with van der Waals surface area (Å²) < 4.78 is 0. The second-order valence-corrected chi connectivity index (χ2v) is 10.6. The summed E-state index contributed by atoms with van der Waals surface area (Å²) in [6.45, 7) is 3.25. The van der Waals surface area contributed by atoms with Crippen molar-refractivity contribution in [2.45, 2.75) is 12.0 Å². The van der Waals surface area contributed by atoms with E-state index in [1.807, 2.05) is 64.4 Å². The monoisotopic (exact) mass is 552 g/mol. The number of hydrogen-bond acceptors (Lipinski definition) is 5. The fourth-order valence-corrected chi connectivity index (χ4v) is 5.85. The largest absolute Gasteiger partial charge is 0.395 e. The number of hydrogen-bond donors (Lipinski definition) is 2. The SMILES string of the molecule is O=C(CN(c1ccccc1)C1(Cc2cccc(Cl)c2)C(=O)Nc2cc(Cl)ccc21)N1CCN(CCO)CC1. The van der Waals surface area contributed by atoms with Crippen molar-refractivity contribution in [2.24, 2.45) is 0 Å². The van der Waals surface area contributed by atoms with Gasteiger partial charge in [-0.15, -0.1) is 0 Å². The predicted molar refractivity (Wildman–Crippen MR) is 151 cm³/mol. The summed E-state index contributed by atoms with van der Waals surface area (Å²) in [6, 6.07) is 22.4. The Labute approximate surface area is 232 Å². The van der Waals surface area contributed by atoms with Crippen molar-refractivity contribution >= 4 is 46.4 Å². The van der Waals surface area contributed by atoms with E-state index >= 15 is 0 Å². The number of β-amino-alcohol motifs (C(OH)–C–C–N with tert-alkyl or cyclic N) is 1. The molecule has 1 atom stereocenters. The highest BCUT2D eigenvalue weighted by atomic mass is 35.5. The summed E-state index contributed by atoms with van der Waals surface area (Å²) in [5, 5.41) is 13.4. The number of aliphatic hydroxyl groups excluding tert-OH is 1. The van der Waals surface area contributed by atoms with E-state index in [1.54, 1.807) is 18.2 Å². The summed E-state index contributed by atoms with van der Waals surface area (Å²) in [6.07, 6.45) is 0.306. The number of piperazine rings is 1. The number of anilines is 2. The summed E-state index contributed by atoms with van der Waals surface area (Å²) in [5.74, 6) is -0.280.